The van der Waals surface area contributed by atoms with Crippen molar-refractivity contribution in [1.29, 1.82) is 0 Å². The Labute approximate surface area is 178 Å². The molecule has 6 heteroatoms. The molecule has 0 N–H and O–H groups in total. The van der Waals surface area contributed by atoms with Crippen molar-refractivity contribution < 1.29 is 4.79 Å². The van der Waals surface area contributed by atoms with Crippen molar-refractivity contribution in [2.45, 2.75) is 25.7 Å². The van der Waals surface area contributed by atoms with E-state index in [0.29, 0.717) is 18.5 Å². The van der Waals surface area contributed by atoms with Gasteiger partial charge in [-0.2, -0.15) is 9.61 Å². The van der Waals surface area contributed by atoms with Crippen LogP contribution >= 0.6 is 0 Å². The monoisotopic (exact) mass is 405 g/mol. The van der Waals surface area contributed by atoms with Gasteiger partial charge >= 0.3 is 0 Å². The van der Waals surface area contributed by atoms with E-state index in [1.807, 2.05) is 36.4 Å². The van der Waals surface area contributed by atoms with Gasteiger partial charge in [-0.15, -0.1) is 10.2 Å². The van der Waals surface area contributed by atoms with E-state index in [4.69, 9.17) is 5.10 Å². The first-order chi connectivity index (χ1) is 15.2. The Morgan fingerprint density at radius 2 is 1.90 bits per heavy atom. The second-order valence-electron chi connectivity index (χ2n) is 7.96. The van der Waals surface area contributed by atoms with Crippen LogP contribution in [-0.4, -0.2) is 30.6 Å². The molecule has 6 nitrogen and oxygen atoms in total. The minimum atomic E-state index is 0.222. The molecule has 3 heterocycles. The Bertz CT molecular complexity index is 1470. The van der Waals surface area contributed by atoms with Crippen LogP contribution in [-0.2, 0) is 12.8 Å². The van der Waals surface area contributed by atoms with E-state index in [0.717, 1.165) is 57.5 Å². The first-order valence-corrected chi connectivity index (χ1v) is 10.5. The number of fused-ring (bicyclic) bond motifs is 3. The summed E-state index contributed by atoms with van der Waals surface area (Å²) >= 11 is 0. The summed E-state index contributed by atoms with van der Waals surface area (Å²) in [5, 5.41) is 14.6. The number of rotatable bonds is 3. The summed E-state index contributed by atoms with van der Waals surface area (Å²) in [7, 11) is 0. The van der Waals surface area contributed by atoms with Crippen molar-refractivity contribution in [3.8, 4) is 11.3 Å². The topological polar surface area (TPSA) is 73.0 Å². The lowest BCUT2D eigenvalue weighted by atomic mass is 9.89. The van der Waals surface area contributed by atoms with Gasteiger partial charge in [-0.1, -0.05) is 24.3 Å². The predicted octanol–water partition coefficient (Wildman–Crippen LogP) is 4.45. The van der Waals surface area contributed by atoms with E-state index in [9.17, 15) is 4.79 Å². The summed E-state index contributed by atoms with van der Waals surface area (Å²) in [4.78, 5) is 16.7. The quantitative estimate of drug-likeness (QED) is 0.443. The molecule has 1 aliphatic rings. The van der Waals surface area contributed by atoms with Crippen LogP contribution < -0.4 is 0 Å². The largest absolute Gasteiger partial charge is 0.294 e. The van der Waals surface area contributed by atoms with E-state index in [1.54, 1.807) is 10.7 Å². The number of hydrogen-bond acceptors (Lipinski definition) is 5. The number of hydrogen-bond donors (Lipinski definition) is 0. The molecule has 150 valence electrons. The molecular weight excluding hydrogens is 386 g/mol. The third-order valence-electron chi connectivity index (χ3n) is 5.91. The average molecular weight is 405 g/mol. The highest BCUT2D eigenvalue weighted by Crippen LogP contribution is 2.27. The molecule has 0 spiro atoms. The number of aryl methyl sites for hydroxylation is 1. The lowest BCUT2D eigenvalue weighted by Crippen LogP contribution is -2.10. The fourth-order valence-corrected chi connectivity index (χ4v) is 4.30. The fourth-order valence-electron chi connectivity index (χ4n) is 4.30. The molecule has 5 aromatic rings. The molecule has 3 aromatic heterocycles. The fraction of sp³-hybridized carbons (Fsp3) is 0.160. The zero-order chi connectivity index (χ0) is 20.8. The van der Waals surface area contributed by atoms with Crippen LogP contribution in [0.4, 0.5) is 0 Å². The number of aromatic nitrogens is 5. The first-order valence-electron chi connectivity index (χ1n) is 10.5. The zero-order valence-electron chi connectivity index (χ0n) is 16.8. The van der Waals surface area contributed by atoms with Crippen molar-refractivity contribution in [2.24, 2.45) is 0 Å². The van der Waals surface area contributed by atoms with Crippen LogP contribution in [0.3, 0.4) is 0 Å². The molecule has 0 radical (unpaired) electrons. The number of carbonyl (C=O) groups excluding carboxylic acids is 1. The summed E-state index contributed by atoms with van der Waals surface area (Å²) in [6, 6.07) is 20.2. The SMILES string of the molecule is O=C1CCCc2ccc(-c3ccc4nnc(Cc5ccc6ncccc6c5)n4n3)cc21. The molecule has 6 rings (SSSR count). The summed E-state index contributed by atoms with van der Waals surface area (Å²) in [6.45, 7) is 0. The molecule has 0 bridgehead atoms. The highest BCUT2D eigenvalue weighted by molar-refractivity contribution is 5.99. The summed E-state index contributed by atoms with van der Waals surface area (Å²) in [5.74, 6) is 0.995. The van der Waals surface area contributed by atoms with Crippen molar-refractivity contribution >= 4 is 22.3 Å². The lowest BCUT2D eigenvalue weighted by Gasteiger charge is -2.15. The lowest BCUT2D eigenvalue weighted by molar-refractivity contribution is 0.0972. The van der Waals surface area contributed by atoms with Gasteiger partial charge in [-0.25, -0.2) is 0 Å². The van der Waals surface area contributed by atoms with Gasteiger partial charge in [0.15, 0.2) is 17.3 Å². The van der Waals surface area contributed by atoms with Crippen molar-refractivity contribution in [3.63, 3.8) is 0 Å². The van der Waals surface area contributed by atoms with Gasteiger partial charge in [0, 0.05) is 35.6 Å². The summed E-state index contributed by atoms with van der Waals surface area (Å²) < 4.78 is 1.80. The van der Waals surface area contributed by atoms with Crippen molar-refractivity contribution in [1.82, 2.24) is 24.8 Å². The number of benzene rings is 2. The zero-order valence-corrected chi connectivity index (χ0v) is 16.8. The maximum atomic E-state index is 12.3. The maximum absolute atomic E-state index is 12.3. The summed E-state index contributed by atoms with van der Waals surface area (Å²) in [6.07, 6.45) is 4.94. The van der Waals surface area contributed by atoms with Crippen LogP contribution in [0.25, 0.3) is 27.8 Å². The van der Waals surface area contributed by atoms with E-state index in [2.05, 4.69) is 39.4 Å². The van der Waals surface area contributed by atoms with Gasteiger partial charge < -0.3 is 0 Å². The van der Waals surface area contributed by atoms with Gasteiger partial charge in [0.2, 0.25) is 0 Å². The molecule has 0 saturated carbocycles. The minimum Gasteiger partial charge on any atom is -0.294 e. The van der Waals surface area contributed by atoms with E-state index < -0.39 is 0 Å². The van der Waals surface area contributed by atoms with Crippen molar-refractivity contribution in [2.75, 3.05) is 0 Å². The molecule has 2 aromatic carbocycles. The van der Waals surface area contributed by atoms with E-state index >= 15 is 0 Å². The Balaban J connectivity index is 1.38. The first kappa shape index (κ1) is 17.9. The van der Waals surface area contributed by atoms with Crippen LogP contribution in [0, 0.1) is 0 Å². The molecule has 0 atom stereocenters. The van der Waals surface area contributed by atoms with Gasteiger partial charge in [-0.3, -0.25) is 9.78 Å². The minimum absolute atomic E-state index is 0.222. The second-order valence-corrected chi connectivity index (χ2v) is 7.96. The smallest absolute Gasteiger partial charge is 0.177 e. The highest BCUT2D eigenvalue weighted by atomic mass is 16.1. The Morgan fingerprint density at radius 3 is 2.87 bits per heavy atom. The molecule has 0 unspecified atom stereocenters. The van der Waals surface area contributed by atoms with E-state index in [1.165, 1.54) is 0 Å². The molecule has 0 saturated heterocycles. The molecule has 1 aliphatic carbocycles. The van der Waals surface area contributed by atoms with Crippen LogP contribution in [0.1, 0.15) is 40.2 Å². The molecule has 0 amide bonds. The van der Waals surface area contributed by atoms with Crippen molar-refractivity contribution in [3.05, 3.63) is 89.4 Å². The predicted molar refractivity (Wildman–Crippen MR) is 118 cm³/mol. The maximum Gasteiger partial charge on any atom is 0.177 e. The number of carbonyl (C=O) groups is 1. The van der Waals surface area contributed by atoms with Crippen LogP contribution in [0.15, 0.2) is 66.9 Å². The molecular formula is C25H19N5O. The average Bonchev–Trinajstić information content (AvgIpc) is 3.21. The number of Topliss-reactive ketones (excluding diaryl/α,β-unsaturated/α-hetero) is 1. The Hall–Kier alpha value is -3.93. The summed E-state index contributed by atoms with van der Waals surface area (Å²) in [5.41, 5.74) is 6.51. The number of pyridine rings is 1. The third-order valence-corrected chi connectivity index (χ3v) is 5.91. The Morgan fingerprint density at radius 1 is 0.935 bits per heavy atom. The molecule has 0 aliphatic heterocycles. The van der Waals surface area contributed by atoms with E-state index in [-0.39, 0.29) is 5.78 Å². The second kappa shape index (κ2) is 7.09. The van der Waals surface area contributed by atoms with Gasteiger partial charge in [0.25, 0.3) is 0 Å². The third kappa shape index (κ3) is 3.17. The molecule has 0 fully saturated rings. The normalized spacial score (nSPS) is 13.6. The van der Waals surface area contributed by atoms with Crippen LogP contribution in [0.5, 0.6) is 0 Å². The highest BCUT2D eigenvalue weighted by Gasteiger charge is 2.18. The molecule has 31 heavy (non-hydrogen) atoms. The van der Waals surface area contributed by atoms with Gasteiger partial charge in [-0.05, 0) is 60.4 Å². The number of ketones is 1. The van der Waals surface area contributed by atoms with Gasteiger partial charge in [0.05, 0.1) is 11.2 Å². The number of nitrogens with zero attached hydrogens (tertiary/aromatic N) is 5. The van der Waals surface area contributed by atoms with Gasteiger partial charge in [0.1, 0.15) is 0 Å². The Kier molecular flexibility index (Phi) is 4.09. The standard InChI is InChI=1S/C25H19N5O/c31-23-5-1-3-17-7-8-19(15-20(17)23)22-10-11-24-27-28-25(30(24)29-22)14-16-6-9-21-18(13-16)4-2-12-26-21/h2,4,6-13,15H,1,3,5,14H2. The van der Waals surface area contributed by atoms with Crippen LogP contribution in [0.2, 0.25) is 0 Å².